The van der Waals surface area contributed by atoms with Crippen molar-refractivity contribution in [3.05, 3.63) is 118 Å². The molecule has 1 aliphatic rings. The molecule has 0 unspecified atom stereocenters. The molecule has 1 aliphatic heterocycles. The van der Waals surface area contributed by atoms with Crippen molar-refractivity contribution < 1.29 is 18.9 Å². The molecule has 11 heteroatoms. The van der Waals surface area contributed by atoms with Crippen LogP contribution in [0, 0.1) is 10.1 Å². The van der Waals surface area contributed by atoms with Gasteiger partial charge in [-0.25, -0.2) is 9.79 Å². The number of hydrogen-bond acceptors (Lipinski definition) is 8. The van der Waals surface area contributed by atoms with Crippen LogP contribution in [-0.2, 0) is 9.53 Å². The Kier molecular flexibility index (Phi) is 8.79. The molecule has 3 heterocycles. The van der Waals surface area contributed by atoms with Gasteiger partial charge in [0.2, 0.25) is 0 Å². The second-order valence-corrected chi connectivity index (χ2v) is 11.8. The number of nitro groups is 1. The molecule has 0 fully saturated rings. The predicted octanol–water partition coefficient (Wildman–Crippen LogP) is 6.52. The first-order chi connectivity index (χ1) is 20.6. The van der Waals surface area contributed by atoms with E-state index in [-0.39, 0.29) is 22.9 Å². The highest BCUT2D eigenvalue weighted by atomic mass is 35.5. The summed E-state index contributed by atoms with van der Waals surface area (Å²) in [5.74, 6) is 0.601. The molecular weight excluding hydrogens is 590 g/mol. The Morgan fingerprint density at radius 2 is 1.93 bits per heavy atom. The SMILES string of the molecule is CCCC1=C(C(=O)OCC)[C@@H](c2ccc(C(C)C)cc2)n2c(s/c(=C\c3ccc(-c4ccc(Cl)c([N+](=O)[O-])c4)o3)c2=O)=N1. The summed E-state index contributed by atoms with van der Waals surface area (Å²) in [6.45, 7) is 8.17. The highest BCUT2D eigenvalue weighted by Crippen LogP contribution is 2.34. The van der Waals surface area contributed by atoms with Gasteiger partial charge in [-0.05, 0) is 54.7 Å². The normalized spacial score (nSPS) is 15.0. The van der Waals surface area contributed by atoms with Gasteiger partial charge in [0.25, 0.3) is 11.2 Å². The molecule has 2 aromatic carbocycles. The Morgan fingerprint density at radius 1 is 1.19 bits per heavy atom. The lowest BCUT2D eigenvalue weighted by Gasteiger charge is -2.26. The van der Waals surface area contributed by atoms with E-state index in [0.29, 0.717) is 50.0 Å². The monoisotopic (exact) mass is 619 g/mol. The van der Waals surface area contributed by atoms with Crippen molar-refractivity contribution in [1.82, 2.24) is 4.57 Å². The number of thiazole rings is 1. The van der Waals surface area contributed by atoms with Crippen molar-refractivity contribution in [3.63, 3.8) is 0 Å². The fraction of sp³-hybridized carbons (Fsp3) is 0.281. The summed E-state index contributed by atoms with van der Waals surface area (Å²) in [6.07, 6.45) is 2.92. The lowest BCUT2D eigenvalue weighted by Crippen LogP contribution is -2.40. The fourth-order valence-electron chi connectivity index (χ4n) is 5.02. The van der Waals surface area contributed by atoms with E-state index in [2.05, 4.69) is 13.8 Å². The third-order valence-electron chi connectivity index (χ3n) is 7.14. The topological polar surface area (TPSA) is 117 Å². The number of carbonyl (C=O) groups excluding carboxylic acids is 1. The number of nitrogens with zero attached hydrogens (tertiary/aromatic N) is 3. The third kappa shape index (κ3) is 5.98. The number of furan rings is 1. The van der Waals surface area contributed by atoms with Gasteiger partial charge in [-0.1, -0.05) is 74.4 Å². The maximum atomic E-state index is 14.0. The lowest BCUT2D eigenvalue weighted by molar-refractivity contribution is -0.384. The molecule has 0 spiro atoms. The summed E-state index contributed by atoms with van der Waals surface area (Å²) < 4.78 is 13.3. The Labute approximate surface area is 256 Å². The molecule has 2 aromatic heterocycles. The maximum Gasteiger partial charge on any atom is 0.338 e. The molecule has 0 saturated carbocycles. The number of allylic oxidation sites excluding steroid dienone is 1. The Bertz CT molecular complexity index is 1920. The smallest absolute Gasteiger partial charge is 0.338 e. The number of fused-ring (bicyclic) bond motifs is 1. The zero-order chi connectivity index (χ0) is 30.8. The molecule has 43 heavy (non-hydrogen) atoms. The van der Waals surface area contributed by atoms with Crippen LogP contribution in [0.1, 0.15) is 69.4 Å². The molecule has 0 bridgehead atoms. The second-order valence-electron chi connectivity index (χ2n) is 10.4. The standard InChI is InChI=1S/C32H30ClN3O6S/c1-5-7-24-28(31(38)41-6-2)29(20-10-8-19(9-11-20)18(3)4)35-30(37)27(43-32(35)34-24)17-22-13-15-26(42-22)21-12-14-23(33)25(16-21)36(39)40/h8-18,29H,5-7H2,1-4H3/b27-17-/t29-/m1/s1. The van der Waals surface area contributed by atoms with Gasteiger partial charge in [-0.2, -0.15) is 0 Å². The quantitative estimate of drug-likeness (QED) is 0.120. The van der Waals surface area contributed by atoms with E-state index in [0.717, 1.165) is 17.5 Å². The minimum absolute atomic E-state index is 0.0275. The van der Waals surface area contributed by atoms with Gasteiger partial charge in [0.15, 0.2) is 4.80 Å². The van der Waals surface area contributed by atoms with E-state index in [1.165, 1.54) is 23.5 Å². The number of hydrogen-bond donors (Lipinski definition) is 0. The first kappa shape index (κ1) is 30.2. The second kappa shape index (κ2) is 12.5. The number of rotatable bonds is 9. The highest BCUT2D eigenvalue weighted by Gasteiger charge is 2.34. The number of nitro benzene ring substituents is 1. The van der Waals surface area contributed by atoms with E-state index in [4.69, 9.17) is 25.7 Å². The largest absolute Gasteiger partial charge is 0.463 e. The van der Waals surface area contributed by atoms with E-state index in [1.54, 1.807) is 35.8 Å². The van der Waals surface area contributed by atoms with Crippen molar-refractivity contribution >= 4 is 40.7 Å². The fourth-order valence-corrected chi connectivity index (χ4v) is 6.21. The molecule has 0 N–H and O–H groups in total. The van der Waals surface area contributed by atoms with Gasteiger partial charge in [0.05, 0.1) is 33.4 Å². The third-order valence-corrected chi connectivity index (χ3v) is 8.44. The first-order valence-electron chi connectivity index (χ1n) is 14.0. The minimum Gasteiger partial charge on any atom is -0.463 e. The summed E-state index contributed by atoms with van der Waals surface area (Å²) >= 11 is 7.17. The minimum atomic E-state index is -0.706. The molecule has 0 aliphatic carbocycles. The zero-order valence-electron chi connectivity index (χ0n) is 24.1. The molecule has 9 nitrogen and oxygen atoms in total. The summed E-state index contributed by atoms with van der Waals surface area (Å²) in [5.41, 5.74) is 2.83. The van der Waals surface area contributed by atoms with E-state index < -0.39 is 16.9 Å². The van der Waals surface area contributed by atoms with Crippen LogP contribution in [0.3, 0.4) is 0 Å². The zero-order valence-corrected chi connectivity index (χ0v) is 25.7. The predicted molar refractivity (Wildman–Crippen MR) is 166 cm³/mol. The molecule has 0 radical (unpaired) electrons. The van der Waals surface area contributed by atoms with Gasteiger partial charge in [-0.15, -0.1) is 0 Å². The van der Waals surface area contributed by atoms with Crippen LogP contribution in [-0.4, -0.2) is 22.1 Å². The van der Waals surface area contributed by atoms with Crippen LogP contribution < -0.4 is 14.9 Å². The molecule has 4 aromatic rings. The maximum absolute atomic E-state index is 14.0. The van der Waals surface area contributed by atoms with Crippen LogP contribution >= 0.6 is 22.9 Å². The number of halogens is 1. The van der Waals surface area contributed by atoms with Crippen LogP contribution in [0.4, 0.5) is 5.69 Å². The highest BCUT2D eigenvalue weighted by molar-refractivity contribution is 7.07. The van der Waals surface area contributed by atoms with Crippen LogP contribution in [0.2, 0.25) is 5.02 Å². The van der Waals surface area contributed by atoms with Gasteiger partial charge in [-0.3, -0.25) is 19.5 Å². The van der Waals surface area contributed by atoms with Crippen molar-refractivity contribution in [3.8, 4) is 11.3 Å². The van der Waals surface area contributed by atoms with Crippen LogP contribution in [0.5, 0.6) is 0 Å². The number of aromatic nitrogens is 1. The number of carbonyl (C=O) groups is 1. The average Bonchev–Trinajstić information content (AvgIpc) is 3.57. The lowest BCUT2D eigenvalue weighted by atomic mass is 9.92. The number of ether oxygens (including phenoxy) is 1. The van der Waals surface area contributed by atoms with Crippen molar-refractivity contribution in [2.24, 2.45) is 4.99 Å². The van der Waals surface area contributed by atoms with Gasteiger partial charge in [0, 0.05) is 17.7 Å². The van der Waals surface area contributed by atoms with Crippen molar-refractivity contribution in [1.29, 1.82) is 0 Å². The summed E-state index contributed by atoms with van der Waals surface area (Å²) in [4.78, 5) is 43.4. The van der Waals surface area contributed by atoms with Crippen molar-refractivity contribution in [2.45, 2.75) is 52.5 Å². The molecule has 222 valence electrons. The first-order valence-corrected chi connectivity index (χ1v) is 15.2. The molecular formula is C32H30ClN3O6S. The van der Waals surface area contributed by atoms with Gasteiger partial charge >= 0.3 is 5.97 Å². The average molecular weight is 620 g/mol. The van der Waals surface area contributed by atoms with Crippen molar-refractivity contribution in [2.75, 3.05) is 6.61 Å². The Morgan fingerprint density at radius 3 is 2.58 bits per heavy atom. The van der Waals surface area contributed by atoms with E-state index >= 15 is 0 Å². The number of esters is 1. The Hall–Kier alpha value is -4.28. The van der Waals surface area contributed by atoms with E-state index in [1.807, 2.05) is 31.2 Å². The van der Waals surface area contributed by atoms with E-state index in [9.17, 15) is 19.7 Å². The van der Waals surface area contributed by atoms with Crippen LogP contribution in [0.15, 0.2) is 80.1 Å². The molecule has 0 saturated heterocycles. The molecule has 1 atom stereocenters. The molecule has 0 amide bonds. The summed E-state index contributed by atoms with van der Waals surface area (Å²) in [5, 5.41) is 11.4. The van der Waals surface area contributed by atoms with Gasteiger partial charge in [0.1, 0.15) is 16.5 Å². The Balaban J connectivity index is 1.64. The summed E-state index contributed by atoms with van der Waals surface area (Å²) in [7, 11) is 0. The summed E-state index contributed by atoms with van der Waals surface area (Å²) in [6, 6.07) is 15.0. The number of benzene rings is 2. The molecule has 5 rings (SSSR count). The van der Waals surface area contributed by atoms with Gasteiger partial charge < -0.3 is 9.15 Å². The van der Waals surface area contributed by atoms with Crippen LogP contribution in [0.25, 0.3) is 17.4 Å².